The highest BCUT2D eigenvalue weighted by Crippen LogP contribution is 2.62. The van der Waals surface area contributed by atoms with Gasteiger partial charge >= 0.3 is 5.97 Å². The number of nitrogens with one attached hydrogen (secondary N) is 1. The molecule has 0 aromatic heterocycles. The van der Waals surface area contributed by atoms with Crippen molar-refractivity contribution in [3.05, 3.63) is 29.3 Å². The van der Waals surface area contributed by atoms with Gasteiger partial charge in [-0.25, -0.2) is 4.79 Å². The summed E-state index contributed by atoms with van der Waals surface area (Å²) in [6.45, 7) is 10.3. The van der Waals surface area contributed by atoms with Crippen LogP contribution < -0.4 is 5.32 Å². The molecule has 1 aromatic rings. The van der Waals surface area contributed by atoms with Gasteiger partial charge in [0.25, 0.3) is 0 Å². The molecule has 0 aliphatic heterocycles. The number of aliphatic hydroxyl groups excluding tert-OH is 1. The molecule has 2 saturated carbocycles. The number of esters is 1. The van der Waals surface area contributed by atoms with Gasteiger partial charge < -0.3 is 25.4 Å². The van der Waals surface area contributed by atoms with Crippen molar-refractivity contribution in [3.63, 3.8) is 0 Å². The Morgan fingerprint density at radius 2 is 1.94 bits per heavy atom. The average molecular weight is 446 g/mol. The van der Waals surface area contributed by atoms with E-state index in [1.165, 1.54) is 18.7 Å². The molecule has 0 saturated heterocycles. The summed E-state index contributed by atoms with van der Waals surface area (Å²) in [5, 5.41) is 33.0. The molecule has 4 atom stereocenters. The maximum Gasteiger partial charge on any atom is 0.341 e. The standard InChI is InChI=1S/C25H35NO6/c1-14-7-6-8-18-24(14,3)10-9-15(2)25(18,4)12-16-11-17(23(31)32-5)22(30)20(21(16)29)26-19(28)13-27/h11,15,18,27,29-30H,1,6-10,12-13H2,2-5H3,(H,26,28). The molecule has 0 heterocycles. The topological polar surface area (TPSA) is 116 Å². The maximum absolute atomic E-state index is 12.3. The lowest BCUT2D eigenvalue weighted by Gasteiger charge is -2.59. The Morgan fingerprint density at radius 1 is 1.25 bits per heavy atom. The lowest BCUT2D eigenvalue weighted by molar-refractivity contribution is -0.118. The maximum atomic E-state index is 12.3. The lowest BCUT2D eigenvalue weighted by atomic mass is 9.46. The highest BCUT2D eigenvalue weighted by Gasteiger charge is 2.54. The highest BCUT2D eigenvalue weighted by molar-refractivity contribution is 6.01. The molecule has 0 bridgehead atoms. The molecule has 1 amide bonds. The van der Waals surface area contributed by atoms with Gasteiger partial charge in [0, 0.05) is 0 Å². The first-order valence-electron chi connectivity index (χ1n) is 11.2. The summed E-state index contributed by atoms with van der Waals surface area (Å²) in [7, 11) is 1.20. The second-order valence-corrected chi connectivity index (χ2v) is 9.94. The van der Waals surface area contributed by atoms with Gasteiger partial charge in [0.1, 0.15) is 23.6 Å². The van der Waals surface area contributed by atoms with Crippen molar-refractivity contribution in [3.8, 4) is 11.5 Å². The number of phenols is 2. The summed E-state index contributed by atoms with van der Waals surface area (Å²) >= 11 is 0. The van der Waals surface area contributed by atoms with Gasteiger partial charge in [-0.3, -0.25) is 4.79 Å². The second-order valence-electron chi connectivity index (χ2n) is 9.94. The number of benzene rings is 1. The van der Waals surface area contributed by atoms with Crippen LogP contribution in [0.3, 0.4) is 0 Å². The molecule has 3 rings (SSSR count). The van der Waals surface area contributed by atoms with Crippen LogP contribution in [0.25, 0.3) is 0 Å². The van der Waals surface area contributed by atoms with Crippen LogP contribution in [0.5, 0.6) is 11.5 Å². The predicted molar refractivity (Wildman–Crippen MR) is 122 cm³/mol. The van der Waals surface area contributed by atoms with Gasteiger partial charge in [0.2, 0.25) is 5.91 Å². The number of methoxy groups -OCH3 is 1. The Bertz CT molecular complexity index is 941. The first-order valence-corrected chi connectivity index (χ1v) is 11.2. The molecule has 2 aliphatic carbocycles. The molecule has 1 aromatic carbocycles. The van der Waals surface area contributed by atoms with Gasteiger partial charge in [-0.1, -0.05) is 32.9 Å². The van der Waals surface area contributed by atoms with Crippen LogP contribution in [0.1, 0.15) is 68.8 Å². The minimum absolute atomic E-state index is 0.0190. The number of rotatable bonds is 5. The van der Waals surface area contributed by atoms with Crippen molar-refractivity contribution >= 4 is 17.6 Å². The van der Waals surface area contributed by atoms with Crippen LogP contribution >= 0.6 is 0 Å². The SMILES string of the molecule is C=C1CCCC2C1(C)CCC(C)C2(C)Cc1cc(C(=O)OC)c(O)c(NC(=O)CO)c1O. The molecule has 4 N–H and O–H groups in total. The average Bonchev–Trinajstić information content (AvgIpc) is 2.77. The van der Waals surface area contributed by atoms with E-state index < -0.39 is 24.2 Å². The van der Waals surface area contributed by atoms with Crippen LogP contribution in [0.2, 0.25) is 0 Å². The smallest absolute Gasteiger partial charge is 0.341 e. The van der Waals surface area contributed by atoms with E-state index in [4.69, 9.17) is 9.84 Å². The Kier molecular flexibility index (Phi) is 6.61. The number of aromatic hydroxyl groups is 2. The van der Waals surface area contributed by atoms with Crippen molar-refractivity contribution in [2.45, 2.75) is 59.3 Å². The van der Waals surface area contributed by atoms with Crippen LogP contribution in [-0.2, 0) is 16.0 Å². The fraction of sp³-hybridized carbons (Fsp3) is 0.600. The predicted octanol–water partition coefficient (Wildman–Crippen LogP) is 4.16. The van der Waals surface area contributed by atoms with E-state index in [-0.39, 0.29) is 27.8 Å². The monoisotopic (exact) mass is 445 g/mol. The quantitative estimate of drug-likeness (QED) is 0.307. The van der Waals surface area contributed by atoms with Crippen molar-refractivity contribution in [2.75, 3.05) is 19.0 Å². The van der Waals surface area contributed by atoms with E-state index >= 15 is 0 Å². The number of carbonyl (C=O) groups excluding carboxylic acids is 2. The minimum Gasteiger partial charge on any atom is -0.505 e. The normalized spacial score (nSPS) is 29.8. The van der Waals surface area contributed by atoms with E-state index in [0.29, 0.717) is 23.8 Å². The zero-order valence-corrected chi connectivity index (χ0v) is 19.5. The van der Waals surface area contributed by atoms with Crippen LogP contribution in [0.4, 0.5) is 5.69 Å². The third-order valence-corrected chi connectivity index (χ3v) is 8.30. The van der Waals surface area contributed by atoms with Gasteiger partial charge in [0.05, 0.1) is 7.11 Å². The van der Waals surface area contributed by atoms with Crippen molar-refractivity contribution in [1.29, 1.82) is 0 Å². The first-order chi connectivity index (χ1) is 15.0. The largest absolute Gasteiger partial charge is 0.505 e. The zero-order valence-electron chi connectivity index (χ0n) is 19.5. The summed E-state index contributed by atoms with van der Waals surface area (Å²) in [6.07, 6.45) is 5.74. The van der Waals surface area contributed by atoms with Crippen molar-refractivity contribution in [2.24, 2.45) is 22.7 Å². The van der Waals surface area contributed by atoms with Crippen molar-refractivity contribution < 1.29 is 29.6 Å². The summed E-state index contributed by atoms with van der Waals surface area (Å²) in [4.78, 5) is 24.1. The van der Waals surface area contributed by atoms with E-state index in [1.54, 1.807) is 0 Å². The molecule has 7 nitrogen and oxygen atoms in total. The second kappa shape index (κ2) is 8.77. The highest BCUT2D eigenvalue weighted by atomic mass is 16.5. The first kappa shape index (κ1) is 24.1. The molecule has 32 heavy (non-hydrogen) atoms. The molecule has 7 heteroatoms. The molecule has 0 spiro atoms. The fourth-order valence-electron chi connectivity index (χ4n) is 6.09. The Labute approximate surface area is 189 Å². The molecule has 2 fully saturated rings. The third-order valence-electron chi connectivity index (χ3n) is 8.30. The fourth-order valence-corrected chi connectivity index (χ4v) is 6.09. The van der Waals surface area contributed by atoms with E-state index in [9.17, 15) is 19.8 Å². The molecule has 4 unspecified atom stereocenters. The Hall–Kier alpha value is -2.54. The van der Waals surface area contributed by atoms with Gasteiger partial charge in [-0.15, -0.1) is 0 Å². The minimum atomic E-state index is -0.825. The summed E-state index contributed by atoms with van der Waals surface area (Å²) in [6, 6.07) is 1.45. The van der Waals surface area contributed by atoms with E-state index in [1.807, 2.05) is 0 Å². The molecule has 0 radical (unpaired) electrons. The number of amides is 1. The number of allylic oxidation sites excluding steroid dienone is 1. The summed E-state index contributed by atoms with van der Waals surface area (Å²) in [5.41, 5.74) is 1.13. The van der Waals surface area contributed by atoms with Crippen LogP contribution in [0, 0.1) is 22.7 Å². The third kappa shape index (κ3) is 3.87. The number of hydrogen-bond acceptors (Lipinski definition) is 6. The number of aliphatic hydroxyl groups is 1. The molecule has 176 valence electrons. The number of ether oxygens (including phenoxy) is 1. The number of anilines is 1. The number of carbonyl (C=O) groups is 2. The van der Waals surface area contributed by atoms with Crippen molar-refractivity contribution in [1.82, 2.24) is 0 Å². The number of phenolic OH excluding ortho intramolecular Hbond substituents is 2. The molecular weight excluding hydrogens is 410 g/mol. The Morgan fingerprint density at radius 3 is 2.56 bits per heavy atom. The van der Waals surface area contributed by atoms with Gasteiger partial charge in [-0.05, 0) is 72.8 Å². The molecular formula is C25H35NO6. The Balaban J connectivity index is 2.12. The molecule has 2 aliphatic rings. The van der Waals surface area contributed by atoms with Crippen LogP contribution in [-0.4, -0.2) is 40.9 Å². The van der Waals surface area contributed by atoms with Gasteiger partial charge in [0.15, 0.2) is 5.75 Å². The number of hydrogen-bond donors (Lipinski definition) is 4. The lowest BCUT2D eigenvalue weighted by Crippen LogP contribution is -2.51. The summed E-state index contributed by atoms with van der Waals surface area (Å²) in [5.74, 6) is -1.76. The van der Waals surface area contributed by atoms with Crippen LogP contribution in [0.15, 0.2) is 18.2 Å². The van der Waals surface area contributed by atoms with Gasteiger partial charge in [-0.2, -0.15) is 0 Å². The van der Waals surface area contributed by atoms with E-state index in [2.05, 4.69) is 32.7 Å². The van der Waals surface area contributed by atoms with E-state index in [0.717, 1.165) is 32.1 Å². The summed E-state index contributed by atoms with van der Waals surface area (Å²) < 4.78 is 4.80. The number of fused-ring (bicyclic) bond motifs is 1. The zero-order chi connectivity index (χ0) is 23.8.